The quantitative estimate of drug-likeness (QED) is 0.839. The normalized spacial score (nSPS) is 17.4. The van der Waals surface area contributed by atoms with Crippen molar-refractivity contribution in [3.8, 4) is 0 Å². The van der Waals surface area contributed by atoms with Crippen molar-refractivity contribution in [1.29, 1.82) is 0 Å². The van der Waals surface area contributed by atoms with Crippen molar-refractivity contribution >= 4 is 22.3 Å². The third kappa shape index (κ3) is 2.85. The van der Waals surface area contributed by atoms with Gasteiger partial charge in [0.15, 0.2) is 0 Å². The van der Waals surface area contributed by atoms with E-state index in [1.807, 2.05) is 30.5 Å². The van der Waals surface area contributed by atoms with Crippen LogP contribution < -0.4 is 11.1 Å². The van der Waals surface area contributed by atoms with Gasteiger partial charge in [0.25, 0.3) is 0 Å². The average Bonchev–Trinajstić information content (AvgIpc) is 2.91. The molecule has 0 saturated carbocycles. The Morgan fingerprint density at radius 1 is 1.30 bits per heavy atom. The molecular weight excluding hydrogens is 248 g/mol. The summed E-state index contributed by atoms with van der Waals surface area (Å²) in [6.45, 7) is 5.81. The van der Waals surface area contributed by atoms with Crippen LogP contribution in [0, 0.1) is 0 Å². The predicted molar refractivity (Wildman–Crippen MR) is 84.9 cm³/mol. The van der Waals surface area contributed by atoms with Crippen LogP contribution in [0.2, 0.25) is 0 Å². The molecule has 0 amide bonds. The van der Waals surface area contributed by atoms with Gasteiger partial charge in [0.1, 0.15) is 0 Å². The highest BCUT2D eigenvalue weighted by Gasteiger charge is 2.15. The fourth-order valence-corrected chi connectivity index (χ4v) is 2.95. The zero-order chi connectivity index (χ0) is 13.9. The zero-order valence-electron chi connectivity index (χ0n) is 12.0. The van der Waals surface area contributed by atoms with Crippen LogP contribution in [0.5, 0.6) is 0 Å². The molecule has 2 aromatic rings. The van der Waals surface area contributed by atoms with Crippen molar-refractivity contribution in [3.63, 3.8) is 0 Å². The maximum atomic E-state index is 5.82. The van der Waals surface area contributed by atoms with E-state index in [4.69, 9.17) is 5.73 Å². The minimum Gasteiger partial charge on any atom is -0.399 e. The van der Waals surface area contributed by atoms with E-state index < -0.39 is 0 Å². The number of rotatable bonds is 4. The maximum absolute atomic E-state index is 5.82. The van der Waals surface area contributed by atoms with Crippen molar-refractivity contribution in [2.75, 3.05) is 30.7 Å². The van der Waals surface area contributed by atoms with E-state index in [1.54, 1.807) is 0 Å². The van der Waals surface area contributed by atoms with Crippen molar-refractivity contribution in [2.45, 2.75) is 25.8 Å². The summed E-state index contributed by atoms with van der Waals surface area (Å²) in [5, 5.41) is 4.74. The topological polar surface area (TPSA) is 54.2 Å². The number of aromatic nitrogens is 1. The molecule has 0 bridgehead atoms. The smallest absolute Gasteiger partial charge is 0.0743 e. The highest BCUT2D eigenvalue weighted by molar-refractivity contribution is 5.92. The van der Waals surface area contributed by atoms with Crippen LogP contribution in [-0.2, 0) is 0 Å². The first-order valence-electron chi connectivity index (χ1n) is 7.35. The zero-order valence-corrected chi connectivity index (χ0v) is 12.0. The lowest BCUT2D eigenvalue weighted by Crippen LogP contribution is -2.33. The molecule has 20 heavy (non-hydrogen) atoms. The summed E-state index contributed by atoms with van der Waals surface area (Å²) in [5.74, 6) is 0. The molecule has 4 heteroatoms. The molecule has 3 rings (SSSR count). The van der Waals surface area contributed by atoms with Gasteiger partial charge in [0, 0.05) is 35.5 Å². The number of fused-ring (bicyclic) bond motifs is 1. The third-order valence-electron chi connectivity index (χ3n) is 3.90. The Labute approximate surface area is 120 Å². The molecule has 1 aromatic carbocycles. The van der Waals surface area contributed by atoms with Crippen LogP contribution in [0.1, 0.15) is 19.8 Å². The van der Waals surface area contributed by atoms with Gasteiger partial charge < -0.3 is 16.0 Å². The number of nitrogens with zero attached hydrogens (tertiary/aromatic N) is 2. The van der Waals surface area contributed by atoms with Crippen LogP contribution in [0.15, 0.2) is 30.5 Å². The van der Waals surface area contributed by atoms with Crippen LogP contribution in [0.4, 0.5) is 11.4 Å². The van der Waals surface area contributed by atoms with E-state index in [0.29, 0.717) is 6.04 Å². The number of hydrogen-bond donors (Lipinski definition) is 2. The minimum absolute atomic E-state index is 0.427. The van der Waals surface area contributed by atoms with E-state index in [-0.39, 0.29) is 0 Å². The van der Waals surface area contributed by atoms with E-state index in [9.17, 15) is 0 Å². The number of pyridine rings is 1. The maximum Gasteiger partial charge on any atom is 0.0743 e. The molecule has 1 aliphatic rings. The van der Waals surface area contributed by atoms with Crippen LogP contribution in [0.3, 0.4) is 0 Å². The summed E-state index contributed by atoms with van der Waals surface area (Å²) in [6.07, 6.45) is 4.51. The molecule has 0 aliphatic carbocycles. The molecule has 1 fully saturated rings. The molecule has 1 unspecified atom stereocenters. The Bertz CT molecular complexity index is 590. The lowest BCUT2D eigenvalue weighted by Gasteiger charge is -2.22. The fourth-order valence-electron chi connectivity index (χ4n) is 2.95. The van der Waals surface area contributed by atoms with Crippen molar-refractivity contribution < 1.29 is 0 Å². The van der Waals surface area contributed by atoms with Gasteiger partial charge in [-0.1, -0.05) is 0 Å². The molecule has 4 nitrogen and oxygen atoms in total. The number of nitrogens with one attached hydrogen (secondary N) is 1. The summed E-state index contributed by atoms with van der Waals surface area (Å²) in [5.41, 5.74) is 8.66. The van der Waals surface area contributed by atoms with Crippen LogP contribution >= 0.6 is 0 Å². The third-order valence-corrected chi connectivity index (χ3v) is 3.90. The Hall–Kier alpha value is -1.81. The van der Waals surface area contributed by atoms with E-state index >= 15 is 0 Å². The summed E-state index contributed by atoms with van der Waals surface area (Å²) < 4.78 is 0. The van der Waals surface area contributed by atoms with E-state index in [0.717, 1.165) is 28.8 Å². The Morgan fingerprint density at radius 2 is 2.10 bits per heavy atom. The fraction of sp³-hybridized carbons (Fsp3) is 0.438. The predicted octanol–water partition coefficient (Wildman–Crippen LogP) is 2.71. The molecule has 1 saturated heterocycles. The van der Waals surface area contributed by atoms with Gasteiger partial charge in [-0.3, -0.25) is 4.98 Å². The second kappa shape index (κ2) is 5.67. The van der Waals surface area contributed by atoms with Gasteiger partial charge in [-0.25, -0.2) is 0 Å². The van der Waals surface area contributed by atoms with Crippen molar-refractivity contribution in [1.82, 2.24) is 9.88 Å². The summed E-state index contributed by atoms with van der Waals surface area (Å²) in [6, 6.07) is 8.37. The molecule has 1 atom stereocenters. The highest BCUT2D eigenvalue weighted by Crippen LogP contribution is 2.24. The standard InChI is InChI=1S/C16H22N4/c1-12(11-20-8-2-3-9-20)19-15-6-7-18-16-10-13(17)4-5-14(15)16/h4-7,10,12H,2-3,8-9,11,17H2,1H3,(H,18,19). The van der Waals surface area contributed by atoms with Gasteiger partial charge in [0.05, 0.1) is 5.52 Å². The van der Waals surface area contributed by atoms with Gasteiger partial charge in [-0.2, -0.15) is 0 Å². The first-order chi connectivity index (χ1) is 9.72. The number of nitrogen functional groups attached to an aromatic ring is 1. The lowest BCUT2D eigenvalue weighted by molar-refractivity contribution is 0.328. The van der Waals surface area contributed by atoms with Gasteiger partial charge in [-0.05, 0) is 57.1 Å². The van der Waals surface area contributed by atoms with Gasteiger partial charge >= 0.3 is 0 Å². The summed E-state index contributed by atoms with van der Waals surface area (Å²) in [7, 11) is 0. The average molecular weight is 270 g/mol. The van der Waals surface area contributed by atoms with Gasteiger partial charge in [-0.15, -0.1) is 0 Å². The van der Waals surface area contributed by atoms with Gasteiger partial charge in [0.2, 0.25) is 0 Å². The van der Waals surface area contributed by atoms with Crippen LogP contribution in [0.25, 0.3) is 10.9 Å². The Morgan fingerprint density at radius 3 is 2.90 bits per heavy atom. The molecule has 0 spiro atoms. The van der Waals surface area contributed by atoms with Crippen molar-refractivity contribution in [2.24, 2.45) is 0 Å². The van der Waals surface area contributed by atoms with E-state index in [1.165, 1.54) is 25.9 Å². The van der Waals surface area contributed by atoms with Crippen molar-refractivity contribution in [3.05, 3.63) is 30.5 Å². The minimum atomic E-state index is 0.427. The molecule has 0 radical (unpaired) electrons. The second-order valence-electron chi connectivity index (χ2n) is 5.69. The highest BCUT2D eigenvalue weighted by atomic mass is 15.2. The monoisotopic (exact) mass is 270 g/mol. The second-order valence-corrected chi connectivity index (χ2v) is 5.69. The van der Waals surface area contributed by atoms with Crippen LogP contribution in [-0.4, -0.2) is 35.6 Å². The summed E-state index contributed by atoms with van der Waals surface area (Å²) in [4.78, 5) is 6.91. The largest absolute Gasteiger partial charge is 0.399 e. The number of anilines is 2. The molecular formula is C16H22N4. The number of benzene rings is 1. The first-order valence-corrected chi connectivity index (χ1v) is 7.35. The number of nitrogens with two attached hydrogens (primary N) is 1. The van der Waals surface area contributed by atoms with E-state index in [2.05, 4.69) is 22.1 Å². The molecule has 2 heterocycles. The number of likely N-dealkylation sites (tertiary alicyclic amines) is 1. The Kier molecular flexibility index (Phi) is 3.74. The summed E-state index contributed by atoms with van der Waals surface area (Å²) >= 11 is 0. The molecule has 106 valence electrons. The Balaban J connectivity index is 1.76. The SMILES string of the molecule is CC(CN1CCCC1)Nc1ccnc2cc(N)ccc12. The molecule has 1 aromatic heterocycles. The molecule has 1 aliphatic heterocycles. The molecule has 3 N–H and O–H groups in total. The first kappa shape index (κ1) is 13.2. The number of hydrogen-bond acceptors (Lipinski definition) is 4. The lowest BCUT2D eigenvalue weighted by atomic mass is 10.1.